The van der Waals surface area contributed by atoms with E-state index in [1.807, 2.05) is 52.0 Å². The summed E-state index contributed by atoms with van der Waals surface area (Å²) in [5, 5.41) is 0.820. The van der Waals surface area contributed by atoms with Gasteiger partial charge in [0, 0.05) is 44.9 Å². The van der Waals surface area contributed by atoms with Gasteiger partial charge in [0.1, 0.15) is 0 Å². The standard InChI is InChI=1S/C18H18ClN3O2S.C13H15BClNO2.C11H15BrN2O2S/c1-3-25(23,24)22-18(12-4-5-12)15-8-14(10-21-11-15)13-6-7-17(20-2)16(19)9-13;1-12(2)13(3,4)18-14(17-12)9-6-7-11(16-5)10(15)8-9;1-2-17(15,16)14-11(8-3-4-8)9-5-10(12)7-13-6-9/h6-12,18,22H,3-5H2,1H3;6-8H,1-4H3;5-8,11,14H,2-4H2,1H3. The molecule has 2 unspecified atom stereocenters. The maximum Gasteiger partial charge on any atom is 0.494 e. The highest BCUT2D eigenvalue weighted by molar-refractivity contribution is 9.10. The molecular weight excluding hydrogens is 910 g/mol. The highest BCUT2D eigenvalue weighted by Crippen LogP contribution is 2.43. The Bertz CT molecular complexity index is 2480. The Labute approximate surface area is 373 Å². The van der Waals surface area contributed by atoms with Crippen LogP contribution in [0.4, 0.5) is 11.4 Å². The fraction of sp³-hybridized carbons (Fsp3) is 0.429. The second kappa shape index (κ2) is 19.7. The summed E-state index contributed by atoms with van der Waals surface area (Å²) in [4.78, 5) is 15.1. The molecule has 2 aromatic carbocycles. The molecule has 18 heteroatoms. The zero-order valence-electron chi connectivity index (χ0n) is 34.2. The zero-order valence-corrected chi connectivity index (χ0v) is 39.0. The van der Waals surface area contributed by atoms with Crippen molar-refractivity contribution in [2.24, 2.45) is 11.8 Å². The number of halogens is 3. The van der Waals surface area contributed by atoms with Gasteiger partial charge in [0.25, 0.3) is 0 Å². The van der Waals surface area contributed by atoms with Crippen molar-refractivity contribution < 1.29 is 26.1 Å². The fourth-order valence-electron chi connectivity index (χ4n) is 6.19. The largest absolute Gasteiger partial charge is 0.494 e. The molecule has 2 saturated carbocycles. The SMILES string of the molecule is CCS(=O)(=O)NC(c1cncc(Br)c1)C1CC1.[C-]#[N+]c1ccc(-c2cncc(C(NS(=O)(=O)CC)C3CC3)c2)cc1Cl.[C-]#[N+]c1ccc(B2OC(C)(C)C(C)(C)O2)cc1Cl. The summed E-state index contributed by atoms with van der Waals surface area (Å²) < 4.78 is 65.6. The molecule has 0 bridgehead atoms. The van der Waals surface area contributed by atoms with Crippen LogP contribution in [0.15, 0.2) is 77.8 Å². The summed E-state index contributed by atoms with van der Waals surface area (Å²) in [6.07, 6.45) is 11.0. The van der Waals surface area contributed by atoms with Gasteiger partial charge in [-0.05, 0) is 135 Å². The second-order valence-electron chi connectivity index (χ2n) is 15.8. The van der Waals surface area contributed by atoms with Crippen LogP contribution >= 0.6 is 39.1 Å². The number of hydrogen-bond acceptors (Lipinski definition) is 8. The van der Waals surface area contributed by atoms with E-state index in [9.17, 15) is 16.8 Å². The first-order valence-electron chi connectivity index (χ1n) is 19.5. The maximum atomic E-state index is 12.0. The quantitative estimate of drug-likeness (QED) is 0.106. The Morgan fingerprint density at radius 1 is 0.733 bits per heavy atom. The molecule has 2 aliphatic carbocycles. The topological polar surface area (TPSA) is 145 Å². The lowest BCUT2D eigenvalue weighted by Crippen LogP contribution is -2.41. The van der Waals surface area contributed by atoms with Crippen molar-refractivity contribution in [1.29, 1.82) is 0 Å². The van der Waals surface area contributed by atoms with Crippen LogP contribution in [-0.4, -0.2) is 56.6 Å². The molecule has 1 saturated heterocycles. The Kier molecular flexibility index (Phi) is 15.7. The second-order valence-corrected chi connectivity index (χ2v) is 21.6. The molecule has 0 radical (unpaired) electrons. The van der Waals surface area contributed by atoms with E-state index in [0.29, 0.717) is 33.3 Å². The van der Waals surface area contributed by atoms with Crippen LogP contribution < -0.4 is 14.9 Å². The number of nitrogens with zero attached hydrogens (tertiary/aromatic N) is 4. The molecule has 2 atom stereocenters. The van der Waals surface area contributed by atoms with Gasteiger partial charge in [0.05, 0.1) is 47.9 Å². The minimum atomic E-state index is -3.30. The van der Waals surface area contributed by atoms with Crippen molar-refractivity contribution >= 4 is 83.1 Å². The lowest BCUT2D eigenvalue weighted by Gasteiger charge is -2.32. The summed E-state index contributed by atoms with van der Waals surface area (Å²) >= 11 is 15.5. The van der Waals surface area contributed by atoms with Gasteiger partial charge in [0.2, 0.25) is 31.4 Å². The Morgan fingerprint density at radius 2 is 1.20 bits per heavy atom. The van der Waals surface area contributed by atoms with Crippen LogP contribution in [-0.2, 0) is 29.4 Å². The van der Waals surface area contributed by atoms with Crippen LogP contribution in [0.25, 0.3) is 20.8 Å². The van der Waals surface area contributed by atoms with Crippen LogP contribution in [0.5, 0.6) is 0 Å². The summed E-state index contributed by atoms with van der Waals surface area (Å²) in [7, 11) is -6.91. The minimum Gasteiger partial charge on any atom is -0.399 e. The van der Waals surface area contributed by atoms with Gasteiger partial charge in [-0.2, -0.15) is 0 Å². The van der Waals surface area contributed by atoms with E-state index in [-0.39, 0.29) is 34.8 Å². The molecule has 4 aromatic rings. The van der Waals surface area contributed by atoms with Gasteiger partial charge >= 0.3 is 7.12 Å². The van der Waals surface area contributed by atoms with Crippen molar-refractivity contribution in [2.45, 2.75) is 90.5 Å². The van der Waals surface area contributed by atoms with Gasteiger partial charge in [-0.25, -0.2) is 36.0 Å². The summed E-state index contributed by atoms with van der Waals surface area (Å²) in [5.74, 6) is 0.883. The van der Waals surface area contributed by atoms with E-state index in [1.54, 1.807) is 62.9 Å². The summed E-state index contributed by atoms with van der Waals surface area (Å²) in [6, 6.07) is 14.0. The number of pyridine rings is 2. The van der Waals surface area contributed by atoms with E-state index in [4.69, 9.17) is 45.7 Å². The highest BCUT2D eigenvalue weighted by atomic mass is 79.9. The van der Waals surface area contributed by atoms with Crippen molar-refractivity contribution in [2.75, 3.05) is 11.5 Å². The van der Waals surface area contributed by atoms with Gasteiger partial charge in [-0.1, -0.05) is 53.5 Å². The smallest absolute Gasteiger partial charge is 0.399 e. The van der Waals surface area contributed by atoms with Crippen LogP contribution in [0.2, 0.25) is 10.0 Å². The third-order valence-corrected chi connectivity index (χ3v) is 14.6. The molecule has 0 spiro atoms. The highest BCUT2D eigenvalue weighted by Gasteiger charge is 2.51. The number of nitrogens with one attached hydrogen (secondary N) is 2. The average Bonchev–Trinajstić information content (AvgIpc) is 4.15. The Morgan fingerprint density at radius 3 is 1.63 bits per heavy atom. The molecule has 2 N–H and O–H groups in total. The van der Waals surface area contributed by atoms with Gasteiger partial charge in [0.15, 0.2) is 0 Å². The van der Waals surface area contributed by atoms with Crippen molar-refractivity contribution in [3.05, 3.63) is 122 Å². The number of hydrogen-bond donors (Lipinski definition) is 2. The molecule has 3 fully saturated rings. The van der Waals surface area contributed by atoms with E-state index >= 15 is 0 Å². The minimum absolute atomic E-state index is 0.0526. The summed E-state index contributed by atoms with van der Waals surface area (Å²) in [5.41, 5.74) is 4.41. The molecule has 3 aliphatic rings. The first kappa shape index (κ1) is 47.6. The van der Waals surface area contributed by atoms with E-state index in [0.717, 1.165) is 57.9 Å². The van der Waals surface area contributed by atoms with Crippen molar-refractivity contribution in [1.82, 2.24) is 19.4 Å². The first-order valence-corrected chi connectivity index (χ1v) is 24.3. The third kappa shape index (κ3) is 12.6. The molecule has 3 heterocycles. The zero-order chi connectivity index (χ0) is 44.0. The first-order chi connectivity index (χ1) is 28.2. The number of sulfonamides is 2. The Hall–Kier alpha value is -3.42. The molecule has 1 aliphatic heterocycles. The van der Waals surface area contributed by atoms with Crippen molar-refractivity contribution in [3.63, 3.8) is 0 Å². The molecule has 12 nitrogen and oxygen atoms in total. The fourth-order valence-corrected chi connectivity index (χ4v) is 8.79. The van der Waals surface area contributed by atoms with Crippen LogP contribution in [0.1, 0.15) is 90.4 Å². The lowest BCUT2D eigenvalue weighted by atomic mass is 9.79. The summed E-state index contributed by atoms with van der Waals surface area (Å²) in [6.45, 7) is 25.3. The third-order valence-electron chi connectivity index (χ3n) is 10.8. The number of rotatable bonds is 12. The molecule has 2 aromatic heterocycles. The predicted octanol–water partition coefficient (Wildman–Crippen LogP) is 9.77. The number of benzene rings is 2. The Balaban J connectivity index is 0.000000175. The molecular formula is C42H48BBrCl2N6O6S2. The van der Waals surface area contributed by atoms with Gasteiger partial charge in [-0.3, -0.25) is 9.97 Å². The van der Waals surface area contributed by atoms with Gasteiger partial charge in [-0.15, -0.1) is 0 Å². The maximum absolute atomic E-state index is 12.0. The average molecular weight is 959 g/mol. The number of aromatic nitrogens is 2. The molecule has 7 rings (SSSR count). The molecule has 0 amide bonds. The van der Waals surface area contributed by atoms with E-state index in [1.165, 1.54) is 0 Å². The lowest BCUT2D eigenvalue weighted by molar-refractivity contribution is 0.00578. The van der Waals surface area contributed by atoms with Gasteiger partial charge < -0.3 is 9.31 Å². The van der Waals surface area contributed by atoms with E-state index < -0.39 is 27.2 Å². The van der Waals surface area contributed by atoms with Crippen LogP contribution in [0, 0.1) is 25.0 Å². The molecule has 60 heavy (non-hydrogen) atoms. The monoisotopic (exact) mass is 956 g/mol. The predicted molar refractivity (Wildman–Crippen MR) is 242 cm³/mol. The van der Waals surface area contributed by atoms with Crippen LogP contribution in [0.3, 0.4) is 0 Å². The van der Waals surface area contributed by atoms with Crippen molar-refractivity contribution in [3.8, 4) is 11.1 Å². The normalized spacial score (nSPS) is 17.8. The molecule has 318 valence electrons. The van der Waals surface area contributed by atoms with E-state index in [2.05, 4.69) is 45.0 Å².